The van der Waals surface area contributed by atoms with E-state index in [-0.39, 0.29) is 11.5 Å². The fourth-order valence-corrected chi connectivity index (χ4v) is 2.38. The van der Waals surface area contributed by atoms with E-state index in [4.69, 9.17) is 0 Å². The minimum absolute atomic E-state index is 0.130. The van der Waals surface area contributed by atoms with Gasteiger partial charge in [-0.05, 0) is 30.3 Å². The van der Waals surface area contributed by atoms with Gasteiger partial charge in [0.15, 0.2) is 0 Å². The minimum atomic E-state index is -5.14. The number of carbonyl (C=O) groups excluding carboxylic acids is 2. The first kappa shape index (κ1) is 16.7. The van der Waals surface area contributed by atoms with Gasteiger partial charge in [-0.15, -0.1) is 0 Å². The lowest BCUT2D eigenvalue weighted by Gasteiger charge is -2.25. The van der Waals surface area contributed by atoms with Crippen LogP contribution in [-0.4, -0.2) is 23.8 Å². The second-order valence-electron chi connectivity index (χ2n) is 5.20. The summed E-state index contributed by atoms with van der Waals surface area (Å²) in [5.41, 5.74) is -3.54. The van der Waals surface area contributed by atoms with E-state index in [0.717, 1.165) is 24.3 Å². The molecule has 3 N–H and O–H groups in total. The molecule has 1 fully saturated rings. The Morgan fingerprint density at radius 1 is 1.08 bits per heavy atom. The molecule has 25 heavy (non-hydrogen) atoms. The molecule has 2 aromatic rings. The number of anilines is 2. The monoisotopic (exact) mass is 355 g/mol. The maximum atomic E-state index is 13.7. The molecule has 1 aliphatic heterocycles. The first-order chi connectivity index (χ1) is 11.7. The predicted octanol–water partition coefficient (Wildman–Crippen LogP) is 2.07. The Balaban J connectivity index is 2.04. The van der Waals surface area contributed by atoms with Crippen LogP contribution < -0.4 is 20.5 Å². The molecular formula is C15H11F4N4O2+. The van der Waals surface area contributed by atoms with Crippen molar-refractivity contribution in [2.45, 2.75) is 11.8 Å². The fourth-order valence-electron chi connectivity index (χ4n) is 2.38. The number of H-pyrrole nitrogens is 1. The van der Waals surface area contributed by atoms with E-state index in [0.29, 0.717) is 4.90 Å². The van der Waals surface area contributed by atoms with Crippen molar-refractivity contribution in [2.75, 3.05) is 10.2 Å². The van der Waals surface area contributed by atoms with Crippen LogP contribution in [-0.2, 0) is 4.79 Å². The standard InChI is InChI=1S/C15H10F4N4O2/c16-9-4-6-10(7-5-9)23-12(24)14(15(17,18)19,22-13(23)25)21-11-3-1-2-8-20-11/h1-8H,(H,20,21)(H,22,25)/p+1/t14-/m1/s1. The van der Waals surface area contributed by atoms with Crippen molar-refractivity contribution in [3.63, 3.8) is 0 Å². The third-order valence-corrected chi connectivity index (χ3v) is 3.56. The summed E-state index contributed by atoms with van der Waals surface area (Å²) < 4.78 is 54.0. The number of pyridine rings is 1. The third-order valence-electron chi connectivity index (χ3n) is 3.56. The molecule has 6 nitrogen and oxygen atoms in total. The number of hydrogen-bond donors (Lipinski definition) is 2. The molecule has 0 spiro atoms. The fraction of sp³-hybridized carbons (Fsp3) is 0.133. The van der Waals surface area contributed by atoms with Gasteiger partial charge in [-0.1, -0.05) is 6.07 Å². The van der Waals surface area contributed by atoms with E-state index in [9.17, 15) is 27.2 Å². The van der Waals surface area contributed by atoms with Crippen LogP contribution in [0.5, 0.6) is 0 Å². The van der Waals surface area contributed by atoms with Gasteiger partial charge in [0.1, 0.15) is 5.82 Å². The van der Waals surface area contributed by atoms with Crippen LogP contribution in [0.2, 0.25) is 0 Å². The summed E-state index contributed by atoms with van der Waals surface area (Å²) in [5, 5.41) is 3.66. The number of carbonyl (C=O) groups is 2. The molecule has 0 bridgehead atoms. The normalized spacial score (nSPS) is 20.6. The van der Waals surface area contributed by atoms with Crippen LogP contribution in [0, 0.1) is 5.82 Å². The molecule has 0 saturated carbocycles. The number of alkyl halides is 3. The predicted molar refractivity (Wildman–Crippen MR) is 77.8 cm³/mol. The Bertz CT molecular complexity index is 811. The van der Waals surface area contributed by atoms with Crippen molar-refractivity contribution < 1.29 is 32.1 Å². The van der Waals surface area contributed by atoms with Gasteiger partial charge < -0.3 is 0 Å². The lowest BCUT2D eigenvalue weighted by atomic mass is 10.1. The minimum Gasteiger partial charge on any atom is -0.280 e. The lowest BCUT2D eigenvalue weighted by molar-refractivity contribution is -0.362. The molecule has 2 heterocycles. The number of halogens is 4. The van der Waals surface area contributed by atoms with E-state index in [2.05, 4.69) is 4.98 Å². The van der Waals surface area contributed by atoms with Crippen LogP contribution in [0.4, 0.5) is 33.9 Å². The van der Waals surface area contributed by atoms with Crippen LogP contribution in [0.3, 0.4) is 0 Å². The molecule has 0 radical (unpaired) electrons. The van der Waals surface area contributed by atoms with Gasteiger partial charge in [0.05, 0.1) is 11.9 Å². The van der Waals surface area contributed by atoms with Crippen LogP contribution >= 0.6 is 0 Å². The zero-order chi connectivity index (χ0) is 18.2. The maximum absolute atomic E-state index is 13.7. The van der Waals surface area contributed by atoms with Gasteiger partial charge in [0, 0.05) is 6.07 Å². The third kappa shape index (κ3) is 2.75. The number of benzene rings is 1. The lowest BCUT2D eigenvalue weighted by Crippen LogP contribution is -2.64. The van der Waals surface area contributed by atoms with Crippen molar-refractivity contribution in [1.29, 1.82) is 0 Å². The van der Waals surface area contributed by atoms with Crippen LogP contribution in [0.15, 0.2) is 48.7 Å². The van der Waals surface area contributed by atoms with Gasteiger partial charge in [-0.3, -0.25) is 10.1 Å². The average molecular weight is 355 g/mol. The molecule has 3 amide bonds. The van der Waals surface area contributed by atoms with Crippen molar-refractivity contribution >= 4 is 23.4 Å². The molecule has 1 aliphatic rings. The van der Waals surface area contributed by atoms with Crippen molar-refractivity contribution in [3.05, 3.63) is 54.5 Å². The zero-order valence-electron chi connectivity index (χ0n) is 12.4. The molecule has 1 aromatic carbocycles. The highest BCUT2D eigenvalue weighted by atomic mass is 19.4. The average Bonchev–Trinajstić information content (AvgIpc) is 2.81. The van der Waals surface area contributed by atoms with E-state index in [1.807, 2.05) is 5.32 Å². The molecule has 0 aliphatic carbocycles. The number of nitrogens with zero attached hydrogens (tertiary/aromatic N) is 1. The molecular weight excluding hydrogens is 344 g/mol. The highest BCUT2D eigenvalue weighted by Crippen LogP contribution is 2.37. The number of imide groups is 1. The largest absolute Gasteiger partial charge is 0.462 e. The summed E-state index contributed by atoms with van der Waals surface area (Å²) in [6, 6.07) is 6.91. The number of aromatic nitrogens is 1. The van der Waals surface area contributed by atoms with Crippen molar-refractivity contribution in [2.24, 2.45) is 0 Å². The number of aromatic amines is 1. The summed E-state index contributed by atoms with van der Waals surface area (Å²) in [5.74, 6) is -2.36. The SMILES string of the molecule is O=C1N[C@@](Nc2cccc[nH+]2)(C(F)(F)F)C(=O)N1c1ccc(F)cc1. The topological polar surface area (TPSA) is 75.6 Å². The van der Waals surface area contributed by atoms with E-state index < -0.39 is 29.6 Å². The second-order valence-corrected chi connectivity index (χ2v) is 5.20. The summed E-state index contributed by atoms with van der Waals surface area (Å²) in [6.45, 7) is 0. The molecule has 1 aromatic heterocycles. The van der Waals surface area contributed by atoms with Gasteiger partial charge in [0.25, 0.3) is 5.82 Å². The van der Waals surface area contributed by atoms with Gasteiger partial charge in [-0.25, -0.2) is 24.4 Å². The van der Waals surface area contributed by atoms with Gasteiger partial charge >= 0.3 is 23.8 Å². The summed E-state index contributed by atoms with van der Waals surface area (Å²) in [6.07, 6.45) is -3.79. The maximum Gasteiger partial charge on any atom is 0.462 e. The Morgan fingerprint density at radius 3 is 2.32 bits per heavy atom. The first-order valence-electron chi connectivity index (χ1n) is 6.98. The van der Waals surface area contributed by atoms with E-state index in [1.54, 1.807) is 5.32 Å². The van der Waals surface area contributed by atoms with E-state index in [1.165, 1.54) is 24.4 Å². The summed E-state index contributed by atoms with van der Waals surface area (Å²) in [7, 11) is 0. The number of nitrogens with one attached hydrogen (secondary N) is 3. The molecule has 10 heteroatoms. The molecule has 1 saturated heterocycles. The Kier molecular flexibility index (Phi) is 3.82. The molecule has 3 rings (SSSR count). The molecule has 0 unspecified atom stereocenters. The molecule has 1 atom stereocenters. The van der Waals surface area contributed by atoms with Crippen LogP contribution in [0.25, 0.3) is 0 Å². The second kappa shape index (κ2) is 5.72. The summed E-state index contributed by atoms with van der Waals surface area (Å²) >= 11 is 0. The van der Waals surface area contributed by atoms with Gasteiger partial charge in [-0.2, -0.15) is 13.2 Å². The van der Waals surface area contributed by atoms with Crippen LogP contribution in [0.1, 0.15) is 0 Å². The number of amides is 3. The van der Waals surface area contributed by atoms with Crippen molar-refractivity contribution in [1.82, 2.24) is 5.32 Å². The Hall–Kier alpha value is -3.17. The first-order valence-corrected chi connectivity index (χ1v) is 6.98. The van der Waals surface area contributed by atoms with E-state index >= 15 is 0 Å². The number of rotatable bonds is 3. The van der Waals surface area contributed by atoms with Crippen molar-refractivity contribution in [3.8, 4) is 0 Å². The Morgan fingerprint density at radius 2 is 1.76 bits per heavy atom. The smallest absolute Gasteiger partial charge is 0.280 e. The summed E-state index contributed by atoms with van der Waals surface area (Å²) in [4.78, 5) is 27.4. The highest BCUT2D eigenvalue weighted by molar-refractivity contribution is 6.24. The molecule has 130 valence electrons. The quantitative estimate of drug-likeness (QED) is 0.654. The Labute approximate surface area is 138 Å². The zero-order valence-corrected chi connectivity index (χ0v) is 12.4. The number of hydrogen-bond acceptors (Lipinski definition) is 3. The van der Waals surface area contributed by atoms with Gasteiger partial charge in [0.2, 0.25) is 0 Å². The number of urea groups is 1. The highest BCUT2D eigenvalue weighted by Gasteiger charge is 2.72.